The van der Waals surface area contributed by atoms with E-state index in [0.29, 0.717) is 34.2 Å². The second-order valence-electron chi connectivity index (χ2n) is 7.02. The molecule has 1 saturated heterocycles. The summed E-state index contributed by atoms with van der Waals surface area (Å²) in [5.74, 6) is -0.476. The summed E-state index contributed by atoms with van der Waals surface area (Å²) in [6.45, 7) is 3.53. The number of carbonyl (C=O) groups excluding carboxylic acids is 2. The third-order valence-electron chi connectivity index (χ3n) is 5.31. The predicted octanol–water partition coefficient (Wildman–Crippen LogP) is 2.58. The average molecular weight is 412 g/mol. The molecule has 3 heterocycles. The monoisotopic (exact) mass is 412 g/mol. The highest BCUT2D eigenvalue weighted by Gasteiger charge is 2.53. The third-order valence-corrected chi connectivity index (χ3v) is 5.31. The van der Waals surface area contributed by atoms with E-state index >= 15 is 4.39 Å². The van der Waals surface area contributed by atoms with E-state index in [1.165, 1.54) is 19.2 Å². The van der Waals surface area contributed by atoms with E-state index in [1.807, 2.05) is 0 Å². The van der Waals surface area contributed by atoms with Crippen molar-refractivity contribution in [1.82, 2.24) is 19.6 Å². The molecule has 10 heteroatoms. The number of quaternary nitrogens is 1. The highest BCUT2D eigenvalue weighted by atomic mass is 19.1. The fourth-order valence-electron chi connectivity index (χ4n) is 3.59. The number of hydrogen-bond donors (Lipinski definition) is 1. The standard InChI is InChI=1S/C20H18FN5O4/c1-11(18(22)27)26(7-8-29-20(26)28)14-4-5-15(16(21)9-14)13-3-6-17(23-10-13)19-24-12(2)30-25-19/h3-6,9-11H,7-8H2,1-2H3,(H-,22,27)/p+1. The molecule has 0 radical (unpaired) electrons. The lowest BCUT2D eigenvalue weighted by Crippen LogP contribution is -2.61. The highest BCUT2D eigenvalue weighted by Crippen LogP contribution is 2.35. The summed E-state index contributed by atoms with van der Waals surface area (Å²) >= 11 is 0. The number of carbonyl (C=O) groups is 2. The van der Waals surface area contributed by atoms with Gasteiger partial charge in [-0.25, -0.2) is 4.39 Å². The molecule has 1 aliphatic rings. The topological polar surface area (TPSA) is 121 Å². The summed E-state index contributed by atoms with van der Waals surface area (Å²) in [6.07, 6.45) is 0.870. The van der Waals surface area contributed by atoms with Crippen LogP contribution >= 0.6 is 0 Å². The summed E-state index contributed by atoms with van der Waals surface area (Å²) in [5.41, 5.74) is 7.06. The van der Waals surface area contributed by atoms with Crippen LogP contribution in [0.3, 0.4) is 0 Å². The van der Waals surface area contributed by atoms with Crippen LogP contribution in [0.15, 0.2) is 41.1 Å². The van der Waals surface area contributed by atoms with Crippen LogP contribution in [0.5, 0.6) is 0 Å². The Hall–Kier alpha value is -3.66. The lowest BCUT2D eigenvalue weighted by Gasteiger charge is -2.32. The first-order chi connectivity index (χ1) is 14.3. The Morgan fingerprint density at radius 3 is 2.63 bits per heavy atom. The normalized spacial score (nSPS) is 19.5. The SMILES string of the molecule is Cc1nc(-c2ccc(-c3ccc([N+]4(C(C)C(N)=O)CCOC4=O)cc3F)cn2)no1. The van der Waals surface area contributed by atoms with Gasteiger partial charge in [0.1, 0.15) is 30.4 Å². The molecule has 0 aliphatic carbocycles. The highest BCUT2D eigenvalue weighted by molar-refractivity contribution is 5.93. The van der Waals surface area contributed by atoms with Gasteiger partial charge in [-0.3, -0.25) is 9.78 Å². The van der Waals surface area contributed by atoms with Crippen LogP contribution in [-0.4, -0.2) is 46.3 Å². The predicted molar refractivity (Wildman–Crippen MR) is 104 cm³/mol. The molecular weight excluding hydrogens is 393 g/mol. The molecule has 1 fully saturated rings. The quantitative estimate of drug-likeness (QED) is 0.639. The molecule has 1 aromatic carbocycles. The molecule has 0 bridgehead atoms. The number of ether oxygens (including phenoxy) is 1. The Morgan fingerprint density at radius 1 is 1.30 bits per heavy atom. The maximum absolute atomic E-state index is 15.0. The Bertz CT molecular complexity index is 1130. The number of rotatable bonds is 5. The van der Waals surface area contributed by atoms with E-state index in [0.717, 1.165) is 0 Å². The first-order valence-electron chi connectivity index (χ1n) is 9.24. The van der Waals surface area contributed by atoms with Crippen molar-refractivity contribution >= 4 is 17.7 Å². The Balaban J connectivity index is 1.69. The van der Waals surface area contributed by atoms with Gasteiger partial charge in [-0.1, -0.05) is 11.2 Å². The van der Waals surface area contributed by atoms with Crippen molar-refractivity contribution in [2.24, 2.45) is 5.73 Å². The van der Waals surface area contributed by atoms with Crippen molar-refractivity contribution < 1.29 is 23.2 Å². The number of halogens is 1. The van der Waals surface area contributed by atoms with Crippen LogP contribution in [-0.2, 0) is 9.53 Å². The Labute approximate surface area is 170 Å². The lowest BCUT2D eigenvalue weighted by molar-refractivity contribution is -0.121. The maximum atomic E-state index is 15.0. The van der Waals surface area contributed by atoms with Gasteiger partial charge in [-0.2, -0.15) is 14.3 Å². The fourth-order valence-corrected chi connectivity index (χ4v) is 3.59. The van der Waals surface area contributed by atoms with Crippen molar-refractivity contribution in [1.29, 1.82) is 0 Å². The van der Waals surface area contributed by atoms with Crippen LogP contribution in [0.4, 0.5) is 14.9 Å². The number of pyridine rings is 1. The van der Waals surface area contributed by atoms with E-state index in [1.54, 1.807) is 31.2 Å². The van der Waals surface area contributed by atoms with Gasteiger partial charge in [0.25, 0.3) is 5.91 Å². The second-order valence-corrected chi connectivity index (χ2v) is 7.02. The Morgan fingerprint density at radius 2 is 2.10 bits per heavy atom. The Kier molecular flexibility index (Phi) is 4.78. The number of amides is 2. The molecule has 2 unspecified atom stereocenters. The van der Waals surface area contributed by atoms with Gasteiger partial charge in [0.05, 0.1) is 0 Å². The number of cyclic esters (lactones) is 1. The molecule has 2 aromatic heterocycles. The number of primary amides is 1. The van der Waals surface area contributed by atoms with Gasteiger partial charge in [0, 0.05) is 36.4 Å². The molecule has 9 nitrogen and oxygen atoms in total. The summed E-state index contributed by atoms with van der Waals surface area (Å²) in [5, 5.41) is 3.80. The number of nitrogens with two attached hydrogens (primary N) is 1. The van der Waals surface area contributed by atoms with E-state index < -0.39 is 28.3 Å². The summed E-state index contributed by atoms with van der Waals surface area (Å²) in [7, 11) is 0. The molecule has 2 amide bonds. The zero-order valence-electron chi connectivity index (χ0n) is 16.3. The van der Waals surface area contributed by atoms with E-state index in [-0.39, 0.29) is 13.2 Å². The minimum atomic E-state index is -0.899. The van der Waals surface area contributed by atoms with Crippen LogP contribution in [0.25, 0.3) is 22.6 Å². The van der Waals surface area contributed by atoms with Crippen LogP contribution in [0.2, 0.25) is 0 Å². The van der Waals surface area contributed by atoms with Gasteiger partial charge >= 0.3 is 6.09 Å². The fraction of sp³-hybridized carbons (Fsp3) is 0.250. The van der Waals surface area contributed by atoms with Crippen molar-refractivity contribution in [3.8, 4) is 22.6 Å². The average Bonchev–Trinajstić information content (AvgIpc) is 3.33. The van der Waals surface area contributed by atoms with Gasteiger partial charge in [0.15, 0.2) is 6.04 Å². The summed E-state index contributed by atoms with van der Waals surface area (Å²) in [4.78, 5) is 32.7. The summed E-state index contributed by atoms with van der Waals surface area (Å²) < 4.78 is 24.6. The van der Waals surface area contributed by atoms with Gasteiger partial charge < -0.3 is 15.0 Å². The molecular formula is C20H19FN5O4+. The van der Waals surface area contributed by atoms with Crippen molar-refractivity contribution in [2.75, 3.05) is 13.2 Å². The van der Waals surface area contributed by atoms with Gasteiger partial charge in [-0.15, -0.1) is 0 Å². The first kappa shape index (κ1) is 19.6. The van der Waals surface area contributed by atoms with Crippen LogP contribution in [0.1, 0.15) is 12.8 Å². The second kappa shape index (κ2) is 7.30. The van der Waals surface area contributed by atoms with Crippen LogP contribution < -0.4 is 10.2 Å². The van der Waals surface area contributed by atoms with E-state index in [9.17, 15) is 9.59 Å². The van der Waals surface area contributed by atoms with Crippen LogP contribution in [0, 0.1) is 12.7 Å². The number of aryl methyl sites for hydroxylation is 1. The molecule has 2 atom stereocenters. The molecule has 2 N–H and O–H groups in total. The summed E-state index contributed by atoms with van der Waals surface area (Å²) in [6, 6.07) is 6.82. The number of hydrogen-bond acceptors (Lipinski definition) is 7. The first-order valence-corrected chi connectivity index (χ1v) is 9.24. The smallest absolute Gasteiger partial charge is 0.414 e. The minimum Gasteiger partial charge on any atom is -0.414 e. The number of benzene rings is 1. The zero-order valence-corrected chi connectivity index (χ0v) is 16.3. The molecule has 0 saturated carbocycles. The molecule has 1 aliphatic heterocycles. The van der Waals surface area contributed by atoms with E-state index in [2.05, 4.69) is 15.1 Å². The molecule has 0 spiro atoms. The molecule has 3 aromatic rings. The molecule has 4 rings (SSSR count). The van der Waals surface area contributed by atoms with Crippen molar-refractivity contribution in [3.05, 3.63) is 48.2 Å². The molecule has 30 heavy (non-hydrogen) atoms. The van der Waals surface area contributed by atoms with Gasteiger partial charge in [-0.05, 0) is 19.1 Å². The largest absolute Gasteiger partial charge is 0.522 e. The van der Waals surface area contributed by atoms with Gasteiger partial charge in [0.2, 0.25) is 11.7 Å². The number of aromatic nitrogens is 3. The van der Waals surface area contributed by atoms with Crippen molar-refractivity contribution in [2.45, 2.75) is 19.9 Å². The third kappa shape index (κ3) is 3.11. The number of nitrogens with zero attached hydrogens (tertiary/aromatic N) is 4. The van der Waals surface area contributed by atoms with E-state index in [4.69, 9.17) is 15.0 Å². The maximum Gasteiger partial charge on any atom is 0.522 e. The lowest BCUT2D eigenvalue weighted by atomic mass is 10.0. The minimum absolute atomic E-state index is 0.126. The van der Waals surface area contributed by atoms with Crippen molar-refractivity contribution in [3.63, 3.8) is 0 Å². The zero-order chi connectivity index (χ0) is 21.5. The molecule has 154 valence electrons.